The SMILES string of the molecule is CC1CCN(C(=O)c2ccc(N)nc2)C1CO. The van der Waals surface area contributed by atoms with E-state index in [1.807, 2.05) is 0 Å². The van der Waals surface area contributed by atoms with Gasteiger partial charge >= 0.3 is 0 Å². The minimum atomic E-state index is -0.0833. The number of nitrogens with zero attached hydrogens (tertiary/aromatic N) is 2. The zero-order valence-electron chi connectivity index (χ0n) is 9.84. The van der Waals surface area contributed by atoms with Crippen molar-refractivity contribution < 1.29 is 9.90 Å². The van der Waals surface area contributed by atoms with Crippen LogP contribution >= 0.6 is 0 Å². The number of nitrogen functional groups attached to an aromatic ring is 1. The molecule has 1 aliphatic heterocycles. The highest BCUT2D eigenvalue weighted by Gasteiger charge is 2.34. The third kappa shape index (κ3) is 2.24. The average Bonchev–Trinajstić information content (AvgIpc) is 2.70. The number of aliphatic hydroxyl groups is 1. The topological polar surface area (TPSA) is 79.5 Å². The van der Waals surface area contributed by atoms with Gasteiger partial charge in [-0.2, -0.15) is 0 Å². The molecule has 5 nitrogen and oxygen atoms in total. The fraction of sp³-hybridized carbons (Fsp3) is 0.500. The van der Waals surface area contributed by atoms with Gasteiger partial charge in [-0.3, -0.25) is 4.79 Å². The van der Waals surface area contributed by atoms with Crippen LogP contribution in [0.1, 0.15) is 23.7 Å². The first-order chi connectivity index (χ1) is 8.13. The van der Waals surface area contributed by atoms with E-state index in [0.717, 1.165) is 6.42 Å². The van der Waals surface area contributed by atoms with E-state index < -0.39 is 0 Å². The van der Waals surface area contributed by atoms with Crippen molar-refractivity contribution in [2.24, 2.45) is 5.92 Å². The molecule has 2 rings (SSSR count). The maximum atomic E-state index is 12.2. The number of likely N-dealkylation sites (tertiary alicyclic amines) is 1. The van der Waals surface area contributed by atoms with Crippen LogP contribution in [0, 0.1) is 5.92 Å². The number of rotatable bonds is 2. The van der Waals surface area contributed by atoms with Crippen LogP contribution in [0.2, 0.25) is 0 Å². The second kappa shape index (κ2) is 4.71. The molecule has 1 aromatic heterocycles. The molecule has 2 heterocycles. The Morgan fingerprint density at radius 3 is 3.00 bits per heavy atom. The Morgan fingerprint density at radius 1 is 1.65 bits per heavy atom. The molecule has 0 saturated carbocycles. The van der Waals surface area contributed by atoms with Gasteiger partial charge in [-0.05, 0) is 24.5 Å². The van der Waals surface area contributed by atoms with Crippen LogP contribution in [0.5, 0.6) is 0 Å². The lowest BCUT2D eigenvalue weighted by molar-refractivity contribution is 0.0648. The Kier molecular flexibility index (Phi) is 3.28. The molecule has 2 unspecified atom stereocenters. The van der Waals surface area contributed by atoms with Gasteiger partial charge in [-0.25, -0.2) is 4.98 Å². The highest BCUT2D eigenvalue weighted by Crippen LogP contribution is 2.25. The van der Waals surface area contributed by atoms with Gasteiger partial charge in [-0.1, -0.05) is 6.92 Å². The molecule has 0 bridgehead atoms. The van der Waals surface area contributed by atoms with Crippen molar-refractivity contribution >= 4 is 11.7 Å². The first-order valence-electron chi connectivity index (χ1n) is 5.77. The Balaban J connectivity index is 2.17. The van der Waals surface area contributed by atoms with Crippen molar-refractivity contribution in [3.05, 3.63) is 23.9 Å². The smallest absolute Gasteiger partial charge is 0.255 e. The van der Waals surface area contributed by atoms with Crippen LogP contribution in [-0.4, -0.2) is 40.1 Å². The number of nitrogens with two attached hydrogens (primary N) is 1. The van der Waals surface area contributed by atoms with Gasteiger partial charge in [0.25, 0.3) is 5.91 Å². The number of carbonyl (C=O) groups excluding carboxylic acids is 1. The molecule has 0 aromatic carbocycles. The van der Waals surface area contributed by atoms with Crippen LogP contribution in [0.25, 0.3) is 0 Å². The summed E-state index contributed by atoms with van der Waals surface area (Å²) in [7, 11) is 0. The van der Waals surface area contributed by atoms with Gasteiger partial charge in [-0.15, -0.1) is 0 Å². The summed E-state index contributed by atoms with van der Waals surface area (Å²) in [6.45, 7) is 2.75. The molecule has 0 spiro atoms. The van der Waals surface area contributed by atoms with Crippen molar-refractivity contribution in [2.45, 2.75) is 19.4 Å². The maximum absolute atomic E-state index is 12.2. The zero-order chi connectivity index (χ0) is 12.4. The van der Waals surface area contributed by atoms with E-state index in [-0.39, 0.29) is 18.6 Å². The van der Waals surface area contributed by atoms with Crippen LogP contribution in [0.4, 0.5) is 5.82 Å². The third-order valence-corrected chi connectivity index (χ3v) is 3.36. The van der Waals surface area contributed by atoms with Crippen LogP contribution < -0.4 is 5.73 Å². The molecular formula is C12H17N3O2. The predicted molar refractivity (Wildman–Crippen MR) is 64.3 cm³/mol. The van der Waals surface area contributed by atoms with Gasteiger partial charge in [0, 0.05) is 12.7 Å². The predicted octanol–water partition coefficient (Wildman–Crippen LogP) is 0.507. The first-order valence-corrected chi connectivity index (χ1v) is 5.77. The quantitative estimate of drug-likeness (QED) is 0.782. The first kappa shape index (κ1) is 11.9. The summed E-state index contributed by atoms with van der Waals surface area (Å²) in [5.41, 5.74) is 6.00. The summed E-state index contributed by atoms with van der Waals surface area (Å²) in [5.74, 6) is 0.654. The molecule has 1 fully saturated rings. The molecular weight excluding hydrogens is 218 g/mol. The number of aliphatic hydroxyl groups excluding tert-OH is 1. The van der Waals surface area contributed by atoms with Gasteiger partial charge in [0.2, 0.25) is 0 Å². The molecule has 0 aliphatic carbocycles. The van der Waals surface area contributed by atoms with E-state index in [2.05, 4.69) is 11.9 Å². The lowest BCUT2D eigenvalue weighted by Gasteiger charge is -2.25. The molecule has 5 heteroatoms. The number of hydrogen-bond donors (Lipinski definition) is 2. The largest absolute Gasteiger partial charge is 0.394 e. The van der Waals surface area contributed by atoms with Gasteiger partial charge < -0.3 is 15.7 Å². The summed E-state index contributed by atoms with van der Waals surface area (Å²) in [4.78, 5) is 17.8. The Morgan fingerprint density at radius 2 is 2.41 bits per heavy atom. The molecule has 92 valence electrons. The fourth-order valence-electron chi connectivity index (χ4n) is 2.24. The Hall–Kier alpha value is -1.62. The standard InChI is InChI=1S/C12H17N3O2/c1-8-4-5-15(10(8)7-16)12(17)9-2-3-11(13)14-6-9/h2-3,6,8,10,16H,4-5,7H2,1H3,(H2,13,14). The molecule has 2 atom stereocenters. The summed E-state index contributed by atoms with van der Waals surface area (Å²) < 4.78 is 0. The number of pyridine rings is 1. The Labute approximate surface area is 100 Å². The van der Waals surface area contributed by atoms with E-state index in [0.29, 0.717) is 23.8 Å². The molecule has 1 amide bonds. The number of anilines is 1. The summed E-state index contributed by atoms with van der Waals surface area (Å²) >= 11 is 0. The monoisotopic (exact) mass is 235 g/mol. The summed E-state index contributed by atoms with van der Waals surface area (Å²) in [5, 5.41) is 9.32. The van der Waals surface area contributed by atoms with E-state index >= 15 is 0 Å². The highest BCUT2D eigenvalue weighted by atomic mass is 16.3. The van der Waals surface area contributed by atoms with E-state index in [1.54, 1.807) is 17.0 Å². The van der Waals surface area contributed by atoms with Crippen LogP contribution in [0.15, 0.2) is 18.3 Å². The average molecular weight is 235 g/mol. The van der Waals surface area contributed by atoms with Crippen molar-refractivity contribution in [3.8, 4) is 0 Å². The van der Waals surface area contributed by atoms with Crippen molar-refractivity contribution in [2.75, 3.05) is 18.9 Å². The fourth-order valence-corrected chi connectivity index (χ4v) is 2.24. The molecule has 1 aliphatic rings. The van der Waals surface area contributed by atoms with E-state index in [4.69, 9.17) is 5.73 Å². The molecule has 17 heavy (non-hydrogen) atoms. The Bertz CT molecular complexity index is 405. The van der Waals surface area contributed by atoms with E-state index in [1.165, 1.54) is 6.20 Å². The molecule has 0 radical (unpaired) electrons. The van der Waals surface area contributed by atoms with Crippen molar-refractivity contribution in [3.63, 3.8) is 0 Å². The number of hydrogen-bond acceptors (Lipinski definition) is 4. The van der Waals surface area contributed by atoms with Crippen LogP contribution in [-0.2, 0) is 0 Å². The van der Waals surface area contributed by atoms with Gasteiger partial charge in [0.05, 0.1) is 18.2 Å². The van der Waals surface area contributed by atoms with Crippen molar-refractivity contribution in [1.82, 2.24) is 9.88 Å². The lowest BCUT2D eigenvalue weighted by Crippen LogP contribution is -2.39. The maximum Gasteiger partial charge on any atom is 0.255 e. The number of amides is 1. The highest BCUT2D eigenvalue weighted by molar-refractivity contribution is 5.94. The summed E-state index contributed by atoms with van der Waals surface area (Å²) in [6.07, 6.45) is 2.41. The zero-order valence-corrected chi connectivity index (χ0v) is 9.84. The lowest BCUT2D eigenvalue weighted by atomic mass is 10.0. The van der Waals surface area contributed by atoms with Gasteiger partial charge in [0.15, 0.2) is 0 Å². The van der Waals surface area contributed by atoms with Crippen molar-refractivity contribution in [1.29, 1.82) is 0 Å². The summed E-state index contributed by atoms with van der Waals surface area (Å²) in [6, 6.07) is 3.20. The molecule has 1 aromatic rings. The second-order valence-electron chi connectivity index (χ2n) is 4.49. The molecule has 3 N–H and O–H groups in total. The third-order valence-electron chi connectivity index (χ3n) is 3.36. The molecule has 1 saturated heterocycles. The normalized spacial score (nSPS) is 24.0. The number of carbonyl (C=O) groups is 1. The van der Waals surface area contributed by atoms with Gasteiger partial charge in [0.1, 0.15) is 5.82 Å². The minimum Gasteiger partial charge on any atom is -0.394 e. The van der Waals surface area contributed by atoms with E-state index in [9.17, 15) is 9.90 Å². The second-order valence-corrected chi connectivity index (χ2v) is 4.49. The minimum absolute atomic E-state index is 0.00923. The number of aromatic nitrogens is 1. The van der Waals surface area contributed by atoms with Crippen LogP contribution in [0.3, 0.4) is 0 Å².